The molecular formula is C15H24N2O4. The largest absolute Gasteiger partial charge is 0.493 e. The first kappa shape index (κ1) is 17.3. The maximum absolute atomic E-state index is 11.7. The second-order valence-electron chi connectivity index (χ2n) is 4.46. The molecule has 0 saturated heterocycles. The van der Waals surface area contributed by atoms with Crippen LogP contribution in [0.15, 0.2) is 18.2 Å². The molecule has 0 aliphatic carbocycles. The molecule has 2 N–H and O–H groups in total. The Bertz CT molecular complexity index is 438. The Morgan fingerprint density at radius 2 is 2.10 bits per heavy atom. The first-order chi connectivity index (χ1) is 10.2. The summed E-state index contributed by atoms with van der Waals surface area (Å²) < 4.78 is 15.8. The maximum Gasteiger partial charge on any atom is 0.257 e. The standard InChI is InChI=1S/C15H24N2O4/c1-16-10-12-6-4-7-13(20-3)15(12)21-11-14(18)17-8-5-9-19-2/h4,6-7,16H,5,8-11H2,1-3H3,(H,17,18). The molecule has 0 aromatic heterocycles. The molecule has 1 rings (SSSR count). The summed E-state index contributed by atoms with van der Waals surface area (Å²) in [7, 11) is 5.07. The Labute approximate surface area is 125 Å². The molecular weight excluding hydrogens is 272 g/mol. The van der Waals surface area contributed by atoms with Gasteiger partial charge in [-0.25, -0.2) is 0 Å². The van der Waals surface area contributed by atoms with Crippen LogP contribution >= 0.6 is 0 Å². The zero-order chi connectivity index (χ0) is 15.5. The van der Waals surface area contributed by atoms with Crippen molar-refractivity contribution in [1.82, 2.24) is 10.6 Å². The third-order valence-electron chi connectivity index (χ3n) is 2.84. The van der Waals surface area contributed by atoms with E-state index in [0.717, 1.165) is 12.0 Å². The number of amides is 1. The number of ether oxygens (including phenoxy) is 3. The molecule has 0 saturated carbocycles. The number of hydrogen-bond donors (Lipinski definition) is 2. The molecule has 0 spiro atoms. The third kappa shape index (κ3) is 6.01. The van der Waals surface area contributed by atoms with Crippen molar-refractivity contribution >= 4 is 5.91 Å². The summed E-state index contributed by atoms with van der Waals surface area (Å²) in [6.45, 7) is 1.80. The highest BCUT2D eigenvalue weighted by Gasteiger charge is 2.11. The van der Waals surface area contributed by atoms with Crippen LogP contribution in [0.2, 0.25) is 0 Å². The van der Waals surface area contributed by atoms with Gasteiger partial charge in [-0.15, -0.1) is 0 Å². The molecule has 6 nitrogen and oxygen atoms in total. The molecule has 1 amide bonds. The van der Waals surface area contributed by atoms with E-state index in [1.54, 1.807) is 14.2 Å². The van der Waals surface area contributed by atoms with Crippen LogP contribution in [-0.4, -0.2) is 46.9 Å². The van der Waals surface area contributed by atoms with Gasteiger partial charge in [-0.3, -0.25) is 4.79 Å². The van der Waals surface area contributed by atoms with Gasteiger partial charge >= 0.3 is 0 Å². The number of benzene rings is 1. The molecule has 0 unspecified atom stereocenters. The zero-order valence-electron chi connectivity index (χ0n) is 12.9. The van der Waals surface area contributed by atoms with Crippen LogP contribution in [0.4, 0.5) is 0 Å². The summed E-state index contributed by atoms with van der Waals surface area (Å²) in [6.07, 6.45) is 0.780. The van der Waals surface area contributed by atoms with Crippen molar-refractivity contribution < 1.29 is 19.0 Å². The average molecular weight is 296 g/mol. The second-order valence-corrected chi connectivity index (χ2v) is 4.46. The molecule has 0 fully saturated rings. The Morgan fingerprint density at radius 3 is 2.76 bits per heavy atom. The van der Waals surface area contributed by atoms with Crippen LogP contribution in [0, 0.1) is 0 Å². The molecule has 21 heavy (non-hydrogen) atoms. The topological polar surface area (TPSA) is 68.8 Å². The van der Waals surface area contributed by atoms with Crippen molar-refractivity contribution in [3.05, 3.63) is 23.8 Å². The van der Waals surface area contributed by atoms with Gasteiger partial charge < -0.3 is 24.8 Å². The summed E-state index contributed by atoms with van der Waals surface area (Å²) in [6, 6.07) is 5.64. The smallest absolute Gasteiger partial charge is 0.257 e. The van der Waals surface area contributed by atoms with E-state index in [1.165, 1.54) is 0 Å². The van der Waals surface area contributed by atoms with Crippen molar-refractivity contribution in [2.45, 2.75) is 13.0 Å². The minimum Gasteiger partial charge on any atom is -0.493 e. The highest BCUT2D eigenvalue weighted by molar-refractivity contribution is 5.77. The zero-order valence-corrected chi connectivity index (χ0v) is 12.9. The molecule has 1 aromatic rings. The Kier molecular flexibility index (Phi) is 8.23. The Balaban J connectivity index is 2.55. The molecule has 1 aromatic carbocycles. The van der Waals surface area contributed by atoms with Gasteiger partial charge in [0.1, 0.15) is 0 Å². The number of carbonyl (C=O) groups is 1. The van der Waals surface area contributed by atoms with Gasteiger partial charge in [-0.2, -0.15) is 0 Å². The monoisotopic (exact) mass is 296 g/mol. The van der Waals surface area contributed by atoms with Crippen molar-refractivity contribution in [2.24, 2.45) is 0 Å². The average Bonchev–Trinajstić information content (AvgIpc) is 2.50. The summed E-state index contributed by atoms with van der Waals surface area (Å²) in [5.41, 5.74) is 0.948. The van der Waals surface area contributed by atoms with E-state index >= 15 is 0 Å². The fraction of sp³-hybridized carbons (Fsp3) is 0.533. The number of rotatable bonds is 10. The lowest BCUT2D eigenvalue weighted by Crippen LogP contribution is -2.30. The highest BCUT2D eigenvalue weighted by atomic mass is 16.5. The fourth-order valence-electron chi connectivity index (χ4n) is 1.85. The van der Waals surface area contributed by atoms with Crippen molar-refractivity contribution in [3.63, 3.8) is 0 Å². The predicted molar refractivity (Wildman–Crippen MR) is 80.8 cm³/mol. The first-order valence-corrected chi connectivity index (χ1v) is 6.91. The summed E-state index contributed by atoms with van der Waals surface area (Å²) in [5.74, 6) is 1.06. The molecule has 0 aliphatic heterocycles. The van der Waals surface area contributed by atoms with E-state index in [9.17, 15) is 4.79 Å². The minimum absolute atomic E-state index is 0.0376. The van der Waals surface area contributed by atoms with E-state index in [-0.39, 0.29) is 12.5 Å². The lowest BCUT2D eigenvalue weighted by molar-refractivity contribution is -0.123. The van der Waals surface area contributed by atoms with E-state index in [4.69, 9.17) is 14.2 Å². The van der Waals surface area contributed by atoms with Crippen LogP contribution in [0.5, 0.6) is 11.5 Å². The molecule has 0 aliphatic rings. The van der Waals surface area contributed by atoms with Gasteiger partial charge in [-0.05, 0) is 19.5 Å². The summed E-state index contributed by atoms with van der Waals surface area (Å²) in [4.78, 5) is 11.7. The van der Waals surface area contributed by atoms with Gasteiger partial charge in [-0.1, -0.05) is 12.1 Å². The lowest BCUT2D eigenvalue weighted by atomic mass is 10.2. The highest BCUT2D eigenvalue weighted by Crippen LogP contribution is 2.30. The van der Waals surface area contributed by atoms with Crippen LogP contribution in [-0.2, 0) is 16.1 Å². The van der Waals surface area contributed by atoms with E-state index < -0.39 is 0 Å². The minimum atomic E-state index is -0.160. The van der Waals surface area contributed by atoms with Crippen molar-refractivity contribution in [2.75, 3.05) is 41.0 Å². The molecule has 0 bridgehead atoms. The normalized spacial score (nSPS) is 10.2. The van der Waals surface area contributed by atoms with Gasteiger partial charge in [0.25, 0.3) is 5.91 Å². The fourth-order valence-corrected chi connectivity index (χ4v) is 1.85. The molecule has 0 heterocycles. The molecule has 6 heteroatoms. The number of nitrogens with one attached hydrogen (secondary N) is 2. The Morgan fingerprint density at radius 1 is 1.29 bits per heavy atom. The van der Waals surface area contributed by atoms with Gasteiger partial charge in [0.05, 0.1) is 7.11 Å². The number of carbonyl (C=O) groups excluding carboxylic acids is 1. The first-order valence-electron chi connectivity index (χ1n) is 6.91. The molecule has 118 valence electrons. The van der Waals surface area contributed by atoms with Gasteiger partial charge in [0, 0.05) is 32.4 Å². The van der Waals surface area contributed by atoms with E-state index in [2.05, 4.69) is 10.6 Å². The molecule has 0 atom stereocenters. The van der Waals surface area contributed by atoms with Crippen LogP contribution in [0.1, 0.15) is 12.0 Å². The lowest BCUT2D eigenvalue weighted by Gasteiger charge is -2.14. The third-order valence-corrected chi connectivity index (χ3v) is 2.84. The predicted octanol–water partition coefficient (Wildman–Crippen LogP) is 0.946. The van der Waals surface area contributed by atoms with Crippen molar-refractivity contribution in [3.8, 4) is 11.5 Å². The van der Waals surface area contributed by atoms with E-state index in [0.29, 0.717) is 31.2 Å². The quantitative estimate of drug-likeness (QED) is 0.629. The summed E-state index contributed by atoms with van der Waals surface area (Å²) in [5, 5.41) is 5.84. The molecule has 0 radical (unpaired) electrons. The number of methoxy groups -OCH3 is 2. The van der Waals surface area contributed by atoms with Gasteiger partial charge in [0.15, 0.2) is 18.1 Å². The van der Waals surface area contributed by atoms with Crippen molar-refractivity contribution in [1.29, 1.82) is 0 Å². The summed E-state index contributed by atoms with van der Waals surface area (Å²) >= 11 is 0. The van der Waals surface area contributed by atoms with Crippen LogP contribution in [0.25, 0.3) is 0 Å². The van der Waals surface area contributed by atoms with Gasteiger partial charge in [0.2, 0.25) is 0 Å². The SMILES string of the molecule is CNCc1cccc(OC)c1OCC(=O)NCCCOC. The number of hydrogen-bond acceptors (Lipinski definition) is 5. The van der Waals surface area contributed by atoms with Crippen LogP contribution < -0.4 is 20.1 Å². The van der Waals surface area contributed by atoms with E-state index in [1.807, 2.05) is 25.2 Å². The Hall–Kier alpha value is -1.79. The number of para-hydroxylation sites is 1. The second kappa shape index (κ2) is 10.0. The maximum atomic E-state index is 11.7. The van der Waals surface area contributed by atoms with Crippen LogP contribution in [0.3, 0.4) is 0 Å².